The van der Waals surface area contributed by atoms with Crippen LogP contribution in [0.25, 0.3) is 0 Å². The van der Waals surface area contributed by atoms with Crippen molar-refractivity contribution in [2.45, 2.75) is 26.7 Å². The number of carbonyl (C=O) groups is 1. The molecule has 16 heavy (non-hydrogen) atoms. The molecule has 0 saturated heterocycles. The van der Waals surface area contributed by atoms with Gasteiger partial charge in [0.1, 0.15) is 11.5 Å². The summed E-state index contributed by atoms with van der Waals surface area (Å²) in [4.78, 5) is 10.9. The summed E-state index contributed by atoms with van der Waals surface area (Å²) in [5, 5.41) is 3.08. The molecule has 0 aliphatic rings. The van der Waals surface area contributed by atoms with Gasteiger partial charge in [0.15, 0.2) is 0 Å². The lowest BCUT2D eigenvalue weighted by Gasteiger charge is -2.13. The SMILES string of the molecule is COc1ccc(C(C)C)cc1NCC(C)=O. The van der Waals surface area contributed by atoms with Gasteiger partial charge >= 0.3 is 0 Å². The van der Waals surface area contributed by atoms with Crippen LogP contribution >= 0.6 is 0 Å². The Morgan fingerprint density at radius 3 is 2.62 bits per heavy atom. The Bertz CT molecular complexity index is 372. The van der Waals surface area contributed by atoms with Crippen molar-refractivity contribution < 1.29 is 9.53 Å². The third-order valence-electron chi connectivity index (χ3n) is 2.42. The van der Waals surface area contributed by atoms with E-state index in [-0.39, 0.29) is 5.78 Å². The van der Waals surface area contributed by atoms with Crippen LogP contribution in [-0.2, 0) is 4.79 Å². The van der Waals surface area contributed by atoms with E-state index in [0.29, 0.717) is 12.5 Å². The van der Waals surface area contributed by atoms with Gasteiger partial charge in [0.05, 0.1) is 19.3 Å². The van der Waals surface area contributed by atoms with Crippen molar-refractivity contribution >= 4 is 11.5 Å². The Morgan fingerprint density at radius 1 is 1.44 bits per heavy atom. The Balaban J connectivity index is 2.92. The van der Waals surface area contributed by atoms with Gasteiger partial charge in [-0.3, -0.25) is 4.79 Å². The number of ketones is 1. The maximum absolute atomic E-state index is 10.9. The first kappa shape index (κ1) is 12.6. The standard InChI is InChI=1S/C13H19NO2/c1-9(2)11-5-6-13(16-4)12(7-11)14-8-10(3)15/h5-7,9,14H,8H2,1-4H3. The monoisotopic (exact) mass is 221 g/mol. The summed E-state index contributed by atoms with van der Waals surface area (Å²) in [6, 6.07) is 6.01. The molecule has 0 heterocycles. The highest BCUT2D eigenvalue weighted by atomic mass is 16.5. The molecular formula is C13H19NO2. The lowest BCUT2D eigenvalue weighted by Crippen LogP contribution is -2.11. The van der Waals surface area contributed by atoms with E-state index in [4.69, 9.17) is 4.74 Å². The van der Waals surface area contributed by atoms with Crippen LogP contribution in [0.5, 0.6) is 5.75 Å². The zero-order valence-corrected chi connectivity index (χ0v) is 10.3. The van der Waals surface area contributed by atoms with Gasteiger partial charge in [-0.25, -0.2) is 0 Å². The number of anilines is 1. The molecule has 0 bridgehead atoms. The summed E-state index contributed by atoms with van der Waals surface area (Å²) in [7, 11) is 1.63. The van der Waals surface area contributed by atoms with E-state index in [1.54, 1.807) is 14.0 Å². The van der Waals surface area contributed by atoms with E-state index in [0.717, 1.165) is 11.4 Å². The molecule has 3 nitrogen and oxygen atoms in total. The first-order valence-corrected chi connectivity index (χ1v) is 5.46. The average Bonchev–Trinajstić information content (AvgIpc) is 2.25. The maximum Gasteiger partial charge on any atom is 0.148 e. The van der Waals surface area contributed by atoms with Gasteiger partial charge in [0.25, 0.3) is 0 Å². The summed E-state index contributed by atoms with van der Waals surface area (Å²) in [6.07, 6.45) is 0. The molecule has 1 rings (SSSR count). The predicted octanol–water partition coefficient (Wildman–Crippen LogP) is 2.82. The van der Waals surface area contributed by atoms with Crippen molar-refractivity contribution in [1.29, 1.82) is 0 Å². The largest absolute Gasteiger partial charge is 0.495 e. The van der Waals surface area contributed by atoms with E-state index in [1.807, 2.05) is 18.2 Å². The fourth-order valence-corrected chi connectivity index (χ4v) is 1.44. The van der Waals surface area contributed by atoms with Crippen LogP contribution < -0.4 is 10.1 Å². The molecule has 0 saturated carbocycles. The van der Waals surface area contributed by atoms with Crippen LogP contribution in [0.4, 0.5) is 5.69 Å². The molecule has 1 N–H and O–H groups in total. The normalized spacial score (nSPS) is 10.3. The van der Waals surface area contributed by atoms with Crippen LogP contribution in [0.1, 0.15) is 32.3 Å². The van der Waals surface area contributed by atoms with Crippen molar-refractivity contribution in [3.8, 4) is 5.75 Å². The fraction of sp³-hybridized carbons (Fsp3) is 0.462. The summed E-state index contributed by atoms with van der Waals surface area (Å²) in [5.41, 5.74) is 2.11. The van der Waals surface area contributed by atoms with Gasteiger partial charge in [-0.05, 0) is 30.5 Å². The second-order valence-electron chi connectivity index (χ2n) is 4.17. The van der Waals surface area contributed by atoms with E-state index in [2.05, 4.69) is 19.2 Å². The van der Waals surface area contributed by atoms with Gasteiger partial charge in [0, 0.05) is 0 Å². The van der Waals surface area contributed by atoms with Gasteiger partial charge in [0.2, 0.25) is 0 Å². The predicted molar refractivity (Wildman–Crippen MR) is 66.3 cm³/mol. The highest BCUT2D eigenvalue weighted by molar-refractivity contribution is 5.81. The zero-order valence-electron chi connectivity index (χ0n) is 10.3. The van der Waals surface area contributed by atoms with Crippen molar-refractivity contribution in [3.05, 3.63) is 23.8 Å². The van der Waals surface area contributed by atoms with Gasteiger partial charge in [-0.2, -0.15) is 0 Å². The van der Waals surface area contributed by atoms with Gasteiger partial charge in [-0.1, -0.05) is 19.9 Å². The highest BCUT2D eigenvalue weighted by Crippen LogP contribution is 2.28. The molecule has 1 aromatic rings. The molecule has 3 heteroatoms. The van der Waals surface area contributed by atoms with Crippen molar-refractivity contribution in [2.24, 2.45) is 0 Å². The van der Waals surface area contributed by atoms with Crippen LogP contribution in [0, 0.1) is 0 Å². The molecule has 0 radical (unpaired) electrons. The van der Waals surface area contributed by atoms with Crippen molar-refractivity contribution in [1.82, 2.24) is 0 Å². The minimum Gasteiger partial charge on any atom is -0.495 e. The Hall–Kier alpha value is -1.51. The quantitative estimate of drug-likeness (QED) is 0.830. The molecule has 0 unspecified atom stereocenters. The topological polar surface area (TPSA) is 38.3 Å². The fourth-order valence-electron chi connectivity index (χ4n) is 1.44. The minimum absolute atomic E-state index is 0.108. The molecule has 0 amide bonds. The number of ether oxygens (including phenoxy) is 1. The lowest BCUT2D eigenvalue weighted by molar-refractivity contribution is -0.115. The number of rotatable bonds is 5. The number of hydrogen-bond acceptors (Lipinski definition) is 3. The molecule has 88 valence electrons. The number of benzene rings is 1. The van der Waals surface area contributed by atoms with Gasteiger partial charge < -0.3 is 10.1 Å². The second kappa shape index (κ2) is 5.54. The van der Waals surface area contributed by atoms with Crippen LogP contribution in [0.15, 0.2) is 18.2 Å². The van der Waals surface area contributed by atoms with E-state index in [9.17, 15) is 4.79 Å². The molecule has 1 aromatic carbocycles. The molecule has 0 fully saturated rings. The number of carbonyl (C=O) groups excluding carboxylic acids is 1. The summed E-state index contributed by atoms with van der Waals surface area (Å²) in [6.45, 7) is 6.16. The third kappa shape index (κ3) is 3.26. The zero-order chi connectivity index (χ0) is 12.1. The van der Waals surface area contributed by atoms with Crippen LogP contribution in [0.3, 0.4) is 0 Å². The third-order valence-corrected chi connectivity index (χ3v) is 2.42. The van der Waals surface area contributed by atoms with E-state index < -0.39 is 0 Å². The molecule has 0 atom stereocenters. The van der Waals surface area contributed by atoms with Gasteiger partial charge in [-0.15, -0.1) is 0 Å². The Labute approximate surface area is 96.8 Å². The first-order valence-electron chi connectivity index (χ1n) is 5.46. The number of nitrogens with one attached hydrogen (secondary N) is 1. The lowest BCUT2D eigenvalue weighted by atomic mass is 10.0. The minimum atomic E-state index is 0.108. The molecular weight excluding hydrogens is 202 g/mol. The van der Waals surface area contributed by atoms with E-state index in [1.165, 1.54) is 5.56 Å². The number of Topliss-reactive ketones (excluding diaryl/α,β-unsaturated/α-hetero) is 1. The number of methoxy groups -OCH3 is 1. The molecule has 0 aliphatic heterocycles. The maximum atomic E-state index is 10.9. The smallest absolute Gasteiger partial charge is 0.148 e. The summed E-state index contributed by atoms with van der Waals surface area (Å²) in [5.74, 6) is 1.34. The van der Waals surface area contributed by atoms with Crippen LogP contribution in [-0.4, -0.2) is 19.4 Å². The first-order chi connectivity index (χ1) is 7.54. The second-order valence-corrected chi connectivity index (χ2v) is 4.17. The Morgan fingerprint density at radius 2 is 2.12 bits per heavy atom. The summed E-state index contributed by atoms with van der Waals surface area (Å²) >= 11 is 0. The molecule has 0 aliphatic carbocycles. The highest BCUT2D eigenvalue weighted by Gasteiger charge is 2.06. The number of hydrogen-bond donors (Lipinski definition) is 1. The molecule has 0 aromatic heterocycles. The average molecular weight is 221 g/mol. The Kier molecular flexibility index (Phi) is 4.35. The van der Waals surface area contributed by atoms with E-state index >= 15 is 0 Å². The van der Waals surface area contributed by atoms with Crippen molar-refractivity contribution in [2.75, 3.05) is 19.0 Å². The van der Waals surface area contributed by atoms with Crippen LogP contribution in [0.2, 0.25) is 0 Å². The molecule has 0 spiro atoms. The summed E-state index contributed by atoms with van der Waals surface area (Å²) < 4.78 is 5.24. The van der Waals surface area contributed by atoms with Crippen molar-refractivity contribution in [3.63, 3.8) is 0 Å².